The van der Waals surface area contributed by atoms with Crippen molar-refractivity contribution in [1.29, 1.82) is 0 Å². The second-order valence-electron chi connectivity index (χ2n) is 5.82. The average molecular weight is 383 g/mol. The maximum Gasteiger partial charge on any atom is 0.333 e. The van der Waals surface area contributed by atoms with Crippen LogP contribution in [0.1, 0.15) is 5.76 Å². The van der Waals surface area contributed by atoms with Crippen molar-refractivity contribution in [3.8, 4) is 11.3 Å². The Morgan fingerprint density at radius 3 is 2.56 bits per heavy atom. The van der Waals surface area contributed by atoms with E-state index in [1.807, 2.05) is 0 Å². The van der Waals surface area contributed by atoms with Crippen LogP contribution >= 0.6 is 11.6 Å². The molecule has 0 aliphatic carbocycles. The summed E-state index contributed by atoms with van der Waals surface area (Å²) in [5.41, 5.74) is 1.06. The zero-order chi connectivity index (χ0) is 19.0. The topological polar surface area (TPSA) is 62.6 Å². The average Bonchev–Trinajstić information content (AvgIpc) is 3.21. The van der Waals surface area contributed by atoms with Crippen LogP contribution in [0.25, 0.3) is 17.4 Å². The van der Waals surface area contributed by atoms with E-state index in [0.29, 0.717) is 27.8 Å². The first-order valence-corrected chi connectivity index (χ1v) is 8.37. The molecule has 2 aromatic carbocycles. The van der Waals surface area contributed by atoms with Crippen molar-refractivity contribution in [3.63, 3.8) is 0 Å². The van der Waals surface area contributed by atoms with Gasteiger partial charge in [-0.15, -0.1) is 0 Å². The van der Waals surface area contributed by atoms with Crippen LogP contribution in [-0.2, 0) is 4.79 Å². The summed E-state index contributed by atoms with van der Waals surface area (Å²) in [6, 6.07) is 15.1. The number of furan rings is 1. The first kappa shape index (κ1) is 17.1. The number of nitrogens with one attached hydrogen (secondary N) is 1. The van der Waals surface area contributed by atoms with Crippen LogP contribution in [0.5, 0.6) is 0 Å². The van der Waals surface area contributed by atoms with Crippen LogP contribution in [0.4, 0.5) is 14.9 Å². The minimum Gasteiger partial charge on any atom is -0.457 e. The highest BCUT2D eigenvalue weighted by Crippen LogP contribution is 2.26. The molecule has 5 nitrogen and oxygen atoms in total. The Morgan fingerprint density at radius 2 is 1.81 bits per heavy atom. The van der Waals surface area contributed by atoms with Crippen LogP contribution in [-0.4, -0.2) is 11.9 Å². The summed E-state index contributed by atoms with van der Waals surface area (Å²) in [5, 5.41) is 3.02. The molecule has 1 N–H and O–H groups in total. The van der Waals surface area contributed by atoms with Gasteiger partial charge in [-0.25, -0.2) is 14.1 Å². The van der Waals surface area contributed by atoms with Crippen LogP contribution in [0, 0.1) is 5.82 Å². The van der Waals surface area contributed by atoms with Crippen LogP contribution in [0.3, 0.4) is 0 Å². The smallest absolute Gasteiger partial charge is 0.333 e. The molecule has 4 rings (SSSR count). The molecule has 134 valence electrons. The van der Waals surface area contributed by atoms with Gasteiger partial charge < -0.3 is 9.73 Å². The maximum atomic E-state index is 13.4. The van der Waals surface area contributed by atoms with Gasteiger partial charge in [-0.2, -0.15) is 0 Å². The van der Waals surface area contributed by atoms with Crippen LogP contribution in [0.2, 0.25) is 5.02 Å². The quantitative estimate of drug-likeness (QED) is 0.521. The number of carbonyl (C=O) groups is 2. The number of carbonyl (C=O) groups excluding carboxylic acids is 2. The Bertz CT molecular complexity index is 1070. The molecule has 0 unspecified atom stereocenters. The molecule has 3 amide bonds. The summed E-state index contributed by atoms with van der Waals surface area (Å²) in [5.74, 6) is -0.0739. The van der Waals surface area contributed by atoms with Gasteiger partial charge in [-0.3, -0.25) is 4.79 Å². The Balaban J connectivity index is 1.61. The molecule has 7 heteroatoms. The first-order valence-electron chi connectivity index (χ1n) is 8.00. The second-order valence-corrected chi connectivity index (χ2v) is 6.25. The highest BCUT2D eigenvalue weighted by Gasteiger charge is 2.35. The standard InChI is InChI=1S/C20H12ClFN2O3/c21-13-4-6-15(7-5-13)24-19(25)17(23-20(24)26)11-16-8-9-18(27-16)12-2-1-3-14(22)10-12/h1-11H,(H,23,26)/b17-11+. The predicted octanol–water partition coefficient (Wildman–Crippen LogP) is 4.84. The van der Waals surface area contributed by atoms with Gasteiger partial charge in [0.25, 0.3) is 5.91 Å². The van der Waals surface area contributed by atoms with E-state index < -0.39 is 11.9 Å². The van der Waals surface area contributed by atoms with E-state index in [9.17, 15) is 14.0 Å². The van der Waals surface area contributed by atoms with E-state index in [1.54, 1.807) is 48.5 Å². The summed E-state index contributed by atoms with van der Waals surface area (Å²) in [4.78, 5) is 25.8. The molecule has 1 aliphatic heterocycles. The fourth-order valence-electron chi connectivity index (χ4n) is 2.73. The lowest BCUT2D eigenvalue weighted by molar-refractivity contribution is -0.113. The number of benzene rings is 2. The molecule has 1 aliphatic rings. The zero-order valence-electron chi connectivity index (χ0n) is 13.8. The van der Waals surface area contributed by atoms with Gasteiger partial charge in [0.05, 0.1) is 5.69 Å². The lowest BCUT2D eigenvalue weighted by atomic mass is 10.2. The van der Waals surface area contributed by atoms with Crippen molar-refractivity contribution in [1.82, 2.24) is 5.32 Å². The minimum atomic E-state index is -0.564. The van der Waals surface area contributed by atoms with Gasteiger partial charge in [0, 0.05) is 16.7 Å². The van der Waals surface area contributed by atoms with E-state index in [4.69, 9.17) is 16.0 Å². The predicted molar refractivity (Wildman–Crippen MR) is 99.5 cm³/mol. The van der Waals surface area contributed by atoms with E-state index in [2.05, 4.69) is 5.32 Å². The van der Waals surface area contributed by atoms with E-state index in [1.165, 1.54) is 18.2 Å². The van der Waals surface area contributed by atoms with Crippen LogP contribution < -0.4 is 10.2 Å². The number of halogens is 2. The van der Waals surface area contributed by atoms with Crippen molar-refractivity contribution in [3.05, 3.63) is 83.0 Å². The number of nitrogens with zero attached hydrogens (tertiary/aromatic N) is 1. The molecule has 2 heterocycles. The Labute approximate surface area is 158 Å². The SMILES string of the molecule is O=C1N/C(=C/c2ccc(-c3cccc(F)c3)o2)C(=O)N1c1ccc(Cl)cc1. The molecule has 0 atom stereocenters. The number of imide groups is 1. The molecule has 1 fully saturated rings. The van der Waals surface area contributed by atoms with Crippen molar-refractivity contribution >= 4 is 35.3 Å². The Kier molecular flexibility index (Phi) is 4.25. The lowest BCUT2D eigenvalue weighted by Crippen LogP contribution is -2.30. The third kappa shape index (κ3) is 3.35. The van der Waals surface area contributed by atoms with Gasteiger partial charge in [-0.05, 0) is 48.5 Å². The molecule has 3 aromatic rings. The monoisotopic (exact) mass is 382 g/mol. The van der Waals surface area contributed by atoms with Crippen molar-refractivity contribution in [2.45, 2.75) is 0 Å². The fraction of sp³-hybridized carbons (Fsp3) is 0. The van der Waals surface area contributed by atoms with E-state index in [0.717, 1.165) is 4.90 Å². The summed E-state index contributed by atoms with van der Waals surface area (Å²) >= 11 is 5.84. The number of hydrogen-bond donors (Lipinski definition) is 1. The maximum absolute atomic E-state index is 13.4. The molecular formula is C20H12ClFN2O3. The third-order valence-electron chi connectivity index (χ3n) is 3.99. The highest BCUT2D eigenvalue weighted by molar-refractivity contribution is 6.31. The van der Waals surface area contributed by atoms with E-state index in [-0.39, 0.29) is 11.5 Å². The molecule has 27 heavy (non-hydrogen) atoms. The highest BCUT2D eigenvalue weighted by atomic mass is 35.5. The molecule has 0 bridgehead atoms. The first-order chi connectivity index (χ1) is 13.0. The number of rotatable bonds is 3. The summed E-state index contributed by atoms with van der Waals surface area (Å²) in [6.07, 6.45) is 1.43. The van der Waals surface area contributed by atoms with Gasteiger partial charge in [0.15, 0.2) is 0 Å². The number of hydrogen-bond acceptors (Lipinski definition) is 3. The number of amides is 3. The lowest BCUT2D eigenvalue weighted by Gasteiger charge is -2.11. The van der Waals surface area contributed by atoms with E-state index >= 15 is 0 Å². The fourth-order valence-corrected chi connectivity index (χ4v) is 2.86. The largest absolute Gasteiger partial charge is 0.457 e. The Hall–Kier alpha value is -3.38. The molecule has 0 radical (unpaired) electrons. The summed E-state index contributed by atoms with van der Waals surface area (Å²) in [6.45, 7) is 0. The third-order valence-corrected chi connectivity index (χ3v) is 4.24. The van der Waals surface area contributed by atoms with Gasteiger partial charge >= 0.3 is 6.03 Å². The van der Waals surface area contributed by atoms with Gasteiger partial charge in [0.2, 0.25) is 0 Å². The van der Waals surface area contributed by atoms with Crippen molar-refractivity contribution < 1.29 is 18.4 Å². The number of anilines is 1. The number of urea groups is 1. The normalized spacial score (nSPS) is 15.5. The summed E-state index contributed by atoms with van der Waals surface area (Å²) < 4.78 is 19.0. The van der Waals surface area contributed by atoms with Crippen LogP contribution in [0.15, 0.2) is 70.8 Å². The summed E-state index contributed by atoms with van der Waals surface area (Å²) in [7, 11) is 0. The van der Waals surface area contributed by atoms with Gasteiger partial charge in [-0.1, -0.05) is 23.7 Å². The molecule has 1 aromatic heterocycles. The minimum absolute atomic E-state index is 0.0788. The second kappa shape index (κ2) is 6.74. The zero-order valence-corrected chi connectivity index (χ0v) is 14.5. The van der Waals surface area contributed by atoms with Crippen molar-refractivity contribution in [2.75, 3.05) is 4.90 Å². The molecule has 0 spiro atoms. The van der Waals surface area contributed by atoms with Gasteiger partial charge in [0.1, 0.15) is 23.0 Å². The molecule has 1 saturated heterocycles. The Morgan fingerprint density at radius 1 is 1.04 bits per heavy atom. The molecular weight excluding hydrogens is 371 g/mol. The molecule has 0 saturated carbocycles. The van der Waals surface area contributed by atoms with Crippen molar-refractivity contribution in [2.24, 2.45) is 0 Å².